The monoisotopic (exact) mass is 367 g/mol. The van der Waals surface area contributed by atoms with Crippen LogP contribution in [-0.2, 0) is 11.3 Å². The summed E-state index contributed by atoms with van der Waals surface area (Å²) in [6, 6.07) is 8.77. The number of nitrogens with one attached hydrogen (secondary N) is 1. The number of piperazine rings is 1. The van der Waals surface area contributed by atoms with E-state index in [-0.39, 0.29) is 11.9 Å². The smallest absolute Gasteiger partial charge is 0.234 e. The Bertz CT molecular complexity index is 469. The minimum Gasteiger partial charge on any atom is -0.353 e. The number of rotatable bonds is 6. The van der Waals surface area contributed by atoms with Gasteiger partial charge in [-0.2, -0.15) is 0 Å². The summed E-state index contributed by atoms with van der Waals surface area (Å²) in [6.45, 7) is 9.62. The van der Waals surface area contributed by atoms with Crippen LogP contribution >= 0.6 is 15.9 Å². The van der Waals surface area contributed by atoms with Crippen molar-refractivity contribution in [3.63, 3.8) is 0 Å². The number of hydrogen-bond acceptors (Lipinski definition) is 3. The summed E-state index contributed by atoms with van der Waals surface area (Å²) in [4.78, 5) is 16.6. The molecule has 1 aliphatic heterocycles. The number of nitrogens with zero attached hydrogens (tertiary/aromatic N) is 2. The number of amides is 1. The molecule has 1 heterocycles. The SMILES string of the molecule is CCC(C)NC(=O)CN1CCN(Cc2ccc(Br)cc2)CC1. The molecule has 22 heavy (non-hydrogen) atoms. The van der Waals surface area contributed by atoms with E-state index in [1.165, 1.54) is 5.56 Å². The van der Waals surface area contributed by atoms with E-state index in [0.717, 1.165) is 43.6 Å². The van der Waals surface area contributed by atoms with Gasteiger partial charge in [0.1, 0.15) is 0 Å². The normalized spacial score (nSPS) is 18.1. The summed E-state index contributed by atoms with van der Waals surface area (Å²) in [5.41, 5.74) is 1.34. The van der Waals surface area contributed by atoms with E-state index in [4.69, 9.17) is 0 Å². The number of carbonyl (C=O) groups excluding carboxylic acids is 1. The van der Waals surface area contributed by atoms with Gasteiger partial charge in [-0.15, -0.1) is 0 Å². The minimum absolute atomic E-state index is 0.149. The zero-order valence-electron chi connectivity index (χ0n) is 13.5. The highest BCUT2D eigenvalue weighted by Crippen LogP contribution is 2.13. The van der Waals surface area contributed by atoms with Crippen LogP contribution in [0.4, 0.5) is 0 Å². The summed E-state index contributed by atoms with van der Waals surface area (Å²) >= 11 is 3.47. The Labute approximate surface area is 142 Å². The lowest BCUT2D eigenvalue weighted by molar-refractivity contribution is -0.123. The van der Waals surface area contributed by atoms with Gasteiger partial charge in [-0.3, -0.25) is 14.6 Å². The molecule has 0 bridgehead atoms. The fourth-order valence-corrected chi connectivity index (χ4v) is 2.84. The van der Waals surface area contributed by atoms with Crippen LogP contribution in [0.2, 0.25) is 0 Å². The molecule has 1 aromatic carbocycles. The largest absolute Gasteiger partial charge is 0.353 e. The molecule has 0 radical (unpaired) electrons. The van der Waals surface area contributed by atoms with E-state index >= 15 is 0 Å². The predicted molar refractivity (Wildman–Crippen MR) is 93.8 cm³/mol. The van der Waals surface area contributed by atoms with Gasteiger partial charge in [0.15, 0.2) is 0 Å². The standard InChI is InChI=1S/C17H26BrN3O/c1-3-14(2)19-17(22)13-21-10-8-20(9-11-21)12-15-4-6-16(18)7-5-15/h4-7,14H,3,8-13H2,1-2H3,(H,19,22). The summed E-state index contributed by atoms with van der Waals surface area (Å²) in [5.74, 6) is 0.149. The molecule has 0 spiro atoms. The maximum absolute atomic E-state index is 11.9. The van der Waals surface area contributed by atoms with Gasteiger partial charge < -0.3 is 5.32 Å². The third-order valence-corrected chi connectivity index (χ3v) is 4.70. The van der Waals surface area contributed by atoms with Crippen LogP contribution in [0.1, 0.15) is 25.8 Å². The first-order valence-corrected chi connectivity index (χ1v) is 8.84. The molecule has 0 saturated carbocycles. The first kappa shape index (κ1) is 17.4. The van der Waals surface area contributed by atoms with Crippen LogP contribution < -0.4 is 5.32 Å². The van der Waals surface area contributed by atoms with E-state index in [1.807, 2.05) is 6.92 Å². The number of benzene rings is 1. The summed E-state index contributed by atoms with van der Waals surface area (Å²) in [7, 11) is 0. The molecule has 1 aromatic rings. The predicted octanol–water partition coefficient (Wildman–Crippen LogP) is 2.48. The maximum atomic E-state index is 11.9. The highest BCUT2D eigenvalue weighted by atomic mass is 79.9. The molecule has 5 heteroatoms. The van der Waals surface area contributed by atoms with Crippen molar-refractivity contribution in [1.29, 1.82) is 0 Å². The van der Waals surface area contributed by atoms with Crippen LogP contribution in [0, 0.1) is 0 Å². The third-order valence-electron chi connectivity index (χ3n) is 4.17. The zero-order valence-corrected chi connectivity index (χ0v) is 15.1. The van der Waals surface area contributed by atoms with Gasteiger partial charge in [-0.1, -0.05) is 35.0 Å². The van der Waals surface area contributed by atoms with E-state index < -0.39 is 0 Å². The highest BCUT2D eigenvalue weighted by molar-refractivity contribution is 9.10. The average Bonchev–Trinajstić information content (AvgIpc) is 2.51. The van der Waals surface area contributed by atoms with E-state index in [9.17, 15) is 4.79 Å². The average molecular weight is 368 g/mol. The van der Waals surface area contributed by atoms with Crippen molar-refractivity contribution >= 4 is 21.8 Å². The van der Waals surface area contributed by atoms with Gasteiger partial charge in [-0.05, 0) is 31.0 Å². The zero-order chi connectivity index (χ0) is 15.9. The van der Waals surface area contributed by atoms with Gasteiger partial charge in [0.2, 0.25) is 5.91 Å². The third kappa shape index (κ3) is 5.71. The van der Waals surface area contributed by atoms with Gasteiger partial charge in [0.25, 0.3) is 0 Å². The molecule has 1 unspecified atom stereocenters. The van der Waals surface area contributed by atoms with Gasteiger partial charge in [0.05, 0.1) is 6.54 Å². The van der Waals surface area contributed by atoms with Crippen molar-refractivity contribution in [3.05, 3.63) is 34.3 Å². The molecular formula is C17H26BrN3O. The lowest BCUT2D eigenvalue weighted by Crippen LogP contribution is -2.49. The second kappa shape index (κ2) is 8.65. The maximum Gasteiger partial charge on any atom is 0.234 e. The minimum atomic E-state index is 0.149. The topological polar surface area (TPSA) is 35.6 Å². The van der Waals surface area contributed by atoms with Crippen molar-refractivity contribution < 1.29 is 4.79 Å². The summed E-state index contributed by atoms with van der Waals surface area (Å²) < 4.78 is 1.12. The quantitative estimate of drug-likeness (QED) is 0.838. The van der Waals surface area contributed by atoms with Crippen molar-refractivity contribution in [1.82, 2.24) is 15.1 Å². The van der Waals surface area contributed by atoms with Crippen molar-refractivity contribution in [3.8, 4) is 0 Å². The molecule has 0 aliphatic carbocycles. The molecule has 1 atom stereocenters. The van der Waals surface area contributed by atoms with Gasteiger partial charge in [-0.25, -0.2) is 0 Å². The Morgan fingerprint density at radius 2 is 1.77 bits per heavy atom. The Kier molecular flexibility index (Phi) is 6.86. The molecule has 1 amide bonds. The Morgan fingerprint density at radius 3 is 2.36 bits per heavy atom. The Morgan fingerprint density at radius 1 is 1.18 bits per heavy atom. The first-order chi connectivity index (χ1) is 10.6. The number of hydrogen-bond donors (Lipinski definition) is 1. The van der Waals surface area contributed by atoms with Gasteiger partial charge >= 0.3 is 0 Å². The van der Waals surface area contributed by atoms with E-state index in [2.05, 4.69) is 62.2 Å². The van der Waals surface area contributed by atoms with E-state index in [0.29, 0.717) is 6.54 Å². The molecule has 1 N–H and O–H groups in total. The van der Waals surface area contributed by atoms with Crippen LogP contribution in [0.15, 0.2) is 28.7 Å². The second-order valence-electron chi connectivity index (χ2n) is 6.06. The molecule has 4 nitrogen and oxygen atoms in total. The van der Waals surface area contributed by atoms with Crippen LogP contribution in [0.3, 0.4) is 0 Å². The number of carbonyl (C=O) groups is 1. The lowest BCUT2D eigenvalue weighted by Gasteiger charge is -2.34. The Hall–Kier alpha value is -0.910. The molecule has 1 saturated heterocycles. The highest BCUT2D eigenvalue weighted by Gasteiger charge is 2.19. The summed E-state index contributed by atoms with van der Waals surface area (Å²) in [6.07, 6.45) is 0.979. The van der Waals surface area contributed by atoms with Crippen LogP contribution in [0.25, 0.3) is 0 Å². The van der Waals surface area contributed by atoms with Crippen molar-refractivity contribution in [2.45, 2.75) is 32.9 Å². The lowest BCUT2D eigenvalue weighted by atomic mass is 10.2. The fraction of sp³-hybridized carbons (Fsp3) is 0.588. The molecule has 1 aliphatic rings. The van der Waals surface area contributed by atoms with Crippen molar-refractivity contribution in [2.24, 2.45) is 0 Å². The molecule has 0 aromatic heterocycles. The van der Waals surface area contributed by atoms with E-state index in [1.54, 1.807) is 0 Å². The van der Waals surface area contributed by atoms with Gasteiger partial charge in [0, 0.05) is 43.2 Å². The molecular weight excluding hydrogens is 342 g/mol. The number of halogens is 1. The first-order valence-electron chi connectivity index (χ1n) is 8.05. The molecule has 122 valence electrons. The summed E-state index contributed by atoms with van der Waals surface area (Å²) in [5, 5.41) is 3.03. The van der Waals surface area contributed by atoms with Crippen LogP contribution in [-0.4, -0.2) is 54.5 Å². The molecule has 1 fully saturated rings. The molecule has 2 rings (SSSR count). The Balaban J connectivity index is 1.71. The van der Waals surface area contributed by atoms with Crippen molar-refractivity contribution in [2.75, 3.05) is 32.7 Å². The van der Waals surface area contributed by atoms with Crippen LogP contribution in [0.5, 0.6) is 0 Å². The fourth-order valence-electron chi connectivity index (χ4n) is 2.58. The second-order valence-corrected chi connectivity index (χ2v) is 6.97.